The second-order valence-corrected chi connectivity index (χ2v) is 5.07. The molecule has 10 heavy (non-hydrogen) atoms. The smallest absolute Gasteiger partial charge is 0 e. The summed E-state index contributed by atoms with van der Waals surface area (Å²) >= 11 is 0.755. The summed E-state index contributed by atoms with van der Waals surface area (Å²) in [5, 5.41) is 2.97. The van der Waals surface area contributed by atoms with Crippen LogP contribution in [0.15, 0.2) is 0 Å². The minimum atomic E-state index is 0. The Balaban J connectivity index is -0.000000320. The Morgan fingerprint density at radius 3 is 1.50 bits per heavy atom. The topological polar surface area (TPSA) is 0 Å². The predicted molar refractivity (Wildman–Crippen MR) is 51.9 cm³/mol. The van der Waals surface area contributed by atoms with Gasteiger partial charge in [0.1, 0.15) is 0 Å². The minimum Gasteiger partial charge on any atom is -1.00 e. The largest absolute Gasteiger partial charge is 1.00 e. The van der Waals surface area contributed by atoms with Gasteiger partial charge in [-0.05, 0) is 0 Å². The molecule has 0 atom stereocenters. The van der Waals surface area contributed by atoms with Crippen LogP contribution in [0.4, 0.5) is 0 Å². The van der Waals surface area contributed by atoms with Crippen LogP contribution in [-0.2, 0) is 0 Å². The van der Waals surface area contributed by atoms with Gasteiger partial charge in [0.25, 0.3) is 0 Å². The molecular weight excluding hydrogens is 134 g/mol. The second kappa shape index (κ2) is 7.70. The summed E-state index contributed by atoms with van der Waals surface area (Å²) in [6, 6.07) is 0. The number of rotatable bonds is 4. The SMILES string of the molecule is CC(C)[CH2][Al+][CH2]C(C)C.[B].[H-]. The van der Waals surface area contributed by atoms with Gasteiger partial charge >= 0.3 is 65.3 Å². The Hall–Kier alpha value is 0.597. The minimum absolute atomic E-state index is 0. The van der Waals surface area contributed by atoms with E-state index in [1.54, 1.807) is 0 Å². The Morgan fingerprint density at radius 2 is 1.30 bits per heavy atom. The molecule has 0 nitrogen and oxygen atoms in total. The van der Waals surface area contributed by atoms with Crippen LogP contribution in [0.25, 0.3) is 0 Å². The third-order valence-corrected chi connectivity index (χ3v) is 3.83. The maximum absolute atomic E-state index is 2.31. The van der Waals surface area contributed by atoms with E-state index in [-0.39, 0.29) is 9.84 Å². The van der Waals surface area contributed by atoms with E-state index in [0.29, 0.717) is 0 Å². The summed E-state index contributed by atoms with van der Waals surface area (Å²) in [4.78, 5) is 0. The first-order valence-corrected chi connectivity index (χ1v) is 5.58. The van der Waals surface area contributed by atoms with Crippen LogP contribution in [-0.4, -0.2) is 23.6 Å². The third kappa shape index (κ3) is 11.4. The molecule has 0 rings (SSSR count). The van der Waals surface area contributed by atoms with Crippen LogP contribution in [0.2, 0.25) is 10.6 Å². The van der Waals surface area contributed by atoms with Gasteiger partial charge in [-0.15, -0.1) is 0 Å². The Kier molecular flexibility index (Phi) is 10.2. The van der Waals surface area contributed by atoms with E-state index in [9.17, 15) is 0 Å². The predicted octanol–water partition coefficient (Wildman–Crippen LogP) is 2.57. The first-order valence-electron chi connectivity index (χ1n) is 3.94. The monoisotopic (exact) mass is 153 g/mol. The molecule has 0 aromatic heterocycles. The molecule has 0 aromatic carbocycles. The normalized spacial score (nSPS) is 9.40. The molecule has 0 heterocycles. The maximum atomic E-state index is 2.31. The van der Waals surface area contributed by atoms with Crippen molar-refractivity contribution in [3.63, 3.8) is 0 Å². The Labute approximate surface area is 75.6 Å². The van der Waals surface area contributed by atoms with Crippen molar-refractivity contribution < 1.29 is 1.43 Å². The molecule has 0 aliphatic heterocycles. The van der Waals surface area contributed by atoms with E-state index in [4.69, 9.17) is 0 Å². The fourth-order valence-corrected chi connectivity index (χ4v) is 2.29. The molecule has 0 saturated carbocycles. The van der Waals surface area contributed by atoms with Crippen molar-refractivity contribution in [3.8, 4) is 0 Å². The maximum Gasteiger partial charge on any atom is 0 e. The summed E-state index contributed by atoms with van der Waals surface area (Å²) in [7, 11) is 0. The van der Waals surface area contributed by atoms with E-state index in [2.05, 4.69) is 27.7 Å². The standard InChI is InChI=1S/2C4H9.Al.B.H/c2*1-4(2)3;;;/h2*4H,1H2,2-3H3;;;/q;;+1;;-1. The summed E-state index contributed by atoms with van der Waals surface area (Å²) in [6.07, 6.45) is 0. The summed E-state index contributed by atoms with van der Waals surface area (Å²) < 4.78 is 0. The zero-order chi connectivity index (χ0) is 7.28. The molecule has 0 N–H and O–H groups in total. The molecule has 0 bridgehead atoms. The average molecular weight is 153 g/mol. The van der Waals surface area contributed by atoms with Gasteiger partial charge in [-0.3, -0.25) is 0 Å². The van der Waals surface area contributed by atoms with Crippen LogP contribution in [0.1, 0.15) is 29.1 Å². The number of hydrogen-bond acceptors (Lipinski definition) is 0. The molecule has 0 aliphatic carbocycles. The second-order valence-electron chi connectivity index (χ2n) is 3.55. The van der Waals surface area contributed by atoms with E-state index >= 15 is 0 Å². The van der Waals surface area contributed by atoms with Gasteiger partial charge in [-0.2, -0.15) is 0 Å². The molecule has 0 saturated heterocycles. The Morgan fingerprint density at radius 1 is 1.00 bits per heavy atom. The van der Waals surface area contributed by atoms with Crippen molar-refractivity contribution in [2.45, 2.75) is 38.3 Å². The molecule has 57 valence electrons. The molecule has 0 amide bonds. The van der Waals surface area contributed by atoms with Crippen molar-refractivity contribution in [2.75, 3.05) is 0 Å². The van der Waals surface area contributed by atoms with Gasteiger partial charge in [-0.25, -0.2) is 0 Å². The molecule has 0 aromatic rings. The van der Waals surface area contributed by atoms with E-state index in [0.717, 1.165) is 27.1 Å². The first-order chi connectivity index (χ1) is 4.13. The van der Waals surface area contributed by atoms with Crippen LogP contribution in [0, 0.1) is 11.8 Å². The fraction of sp³-hybridized carbons (Fsp3) is 1.00. The van der Waals surface area contributed by atoms with Gasteiger partial charge in [0, 0.05) is 8.41 Å². The van der Waals surface area contributed by atoms with Crippen molar-refractivity contribution in [3.05, 3.63) is 0 Å². The third-order valence-electron chi connectivity index (χ3n) is 1.28. The van der Waals surface area contributed by atoms with Crippen molar-refractivity contribution in [1.82, 2.24) is 0 Å². The summed E-state index contributed by atoms with van der Waals surface area (Å²) in [5.41, 5.74) is 0. The van der Waals surface area contributed by atoms with Crippen molar-refractivity contribution >= 4 is 23.6 Å². The van der Waals surface area contributed by atoms with Crippen LogP contribution in [0.3, 0.4) is 0 Å². The van der Waals surface area contributed by atoms with E-state index in [1.165, 1.54) is 10.6 Å². The first kappa shape index (κ1) is 13.2. The zero-order valence-electron chi connectivity index (χ0n) is 8.72. The molecule has 2 heteroatoms. The van der Waals surface area contributed by atoms with Crippen molar-refractivity contribution in [2.24, 2.45) is 11.8 Å². The van der Waals surface area contributed by atoms with Gasteiger partial charge < -0.3 is 1.43 Å². The molecule has 0 unspecified atom stereocenters. The zero-order valence-corrected chi connectivity index (χ0v) is 8.88. The van der Waals surface area contributed by atoms with Crippen LogP contribution >= 0.6 is 0 Å². The van der Waals surface area contributed by atoms with Crippen LogP contribution < -0.4 is 0 Å². The quantitative estimate of drug-likeness (QED) is 0.544. The van der Waals surface area contributed by atoms with Gasteiger partial charge in [0.15, 0.2) is 0 Å². The van der Waals surface area contributed by atoms with Gasteiger partial charge in [-0.1, -0.05) is 0 Å². The molecule has 0 spiro atoms. The molecule has 0 aliphatic rings. The molecular formula is C8H19AlB. The van der Waals surface area contributed by atoms with Gasteiger partial charge in [0.2, 0.25) is 0 Å². The molecule has 0 fully saturated rings. The summed E-state index contributed by atoms with van der Waals surface area (Å²) in [6.45, 7) is 9.25. The fourth-order valence-electron chi connectivity index (χ4n) is 0.763. The van der Waals surface area contributed by atoms with Crippen molar-refractivity contribution in [1.29, 1.82) is 0 Å². The van der Waals surface area contributed by atoms with Crippen LogP contribution in [0.5, 0.6) is 0 Å². The molecule has 3 radical (unpaired) electrons. The van der Waals surface area contributed by atoms with Gasteiger partial charge in [0.05, 0.1) is 0 Å². The van der Waals surface area contributed by atoms with E-state index < -0.39 is 0 Å². The summed E-state index contributed by atoms with van der Waals surface area (Å²) in [5.74, 6) is 1.86. The number of hydrogen-bond donors (Lipinski definition) is 0. The average Bonchev–Trinajstić information content (AvgIpc) is 1.63. The van der Waals surface area contributed by atoms with E-state index in [1.807, 2.05) is 0 Å². The Bertz CT molecular complexity index is 59.1.